The van der Waals surface area contributed by atoms with E-state index in [4.69, 9.17) is 9.84 Å². The molecule has 1 aromatic rings. The Bertz CT molecular complexity index is 436. The van der Waals surface area contributed by atoms with Gasteiger partial charge in [-0.2, -0.15) is 5.10 Å². The SMILES string of the molecule is Cc1c(C(=O)N2CCC(OCCO)CC2)cnn1C. The smallest absolute Gasteiger partial charge is 0.257 e. The number of amides is 1. The molecule has 1 N–H and O–H groups in total. The summed E-state index contributed by atoms with van der Waals surface area (Å²) in [5.74, 6) is 0.0474. The van der Waals surface area contributed by atoms with Gasteiger partial charge in [-0.15, -0.1) is 0 Å². The molecule has 0 unspecified atom stereocenters. The van der Waals surface area contributed by atoms with E-state index in [9.17, 15) is 4.79 Å². The molecule has 1 amide bonds. The number of carbonyl (C=O) groups is 1. The summed E-state index contributed by atoms with van der Waals surface area (Å²) < 4.78 is 7.20. The van der Waals surface area contributed by atoms with Crippen molar-refractivity contribution in [1.82, 2.24) is 14.7 Å². The molecule has 0 bridgehead atoms. The van der Waals surface area contributed by atoms with Crippen LogP contribution in [-0.2, 0) is 11.8 Å². The predicted octanol–water partition coefficient (Wildman–Crippen LogP) is 0.342. The van der Waals surface area contributed by atoms with Crippen molar-refractivity contribution >= 4 is 5.91 Å². The van der Waals surface area contributed by atoms with Gasteiger partial charge in [-0.1, -0.05) is 0 Å². The lowest BCUT2D eigenvalue weighted by Crippen LogP contribution is -2.41. The van der Waals surface area contributed by atoms with Gasteiger partial charge in [0.1, 0.15) is 0 Å². The molecular formula is C13H21N3O3. The fourth-order valence-electron chi connectivity index (χ4n) is 2.32. The number of likely N-dealkylation sites (tertiary alicyclic amines) is 1. The molecule has 6 heteroatoms. The average molecular weight is 267 g/mol. The molecule has 19 heavy (non-hydrogen) atoms. The minimum atomic E-state index is 0.0474. The molecule has 0 atom stereocenters. The zero-order valence-corrected chi connectivity index (χ0v) is 11.5. The standard InChI is InChI=1S/C13H21N3O3/c1-10-12(9-14-15(10)2)13(18)16-5-3-11(4-6-16)19-8-7-17/h9,11,17H,3-8H2,1-2H3. The Labute approximate surface area is 113 Å². The molecular weight excluding hydrogens is 246 g/mol. The van der Waals surface area contributed by atoms with Crippen molar-refractivity contribution in [3.8, 4) is 0 Å². The molecule has 1 aliphatic heterocycles. The van der Waals surface area contributed by atoms with E-state index in [1.165, 1.54) is 0 Å². The molecule has 0 spiro atoms. The Hall–Kier alpha value is -1.40. The molecule has 2 rings (SSSR count). The summed E-state index contributed by atoms with van der Waals surface area (Å²) in [5, 5.41) is 12.8. The Morgan fingerprint density at radius 1 is 1.53 bits per heavy atom. The summed E-state index contributed by atoms with van der Waals surface area (Å²) in [6.07, 6.45) is 3.44. The first-order valence-electron chi connectivity index (χ1n) is 6.63. The zero-order chi connectivity index (χ0) is 13.8. The maximum Gasteiger partial charge on any atom is 0.257 e. The van der Waals surface area contributed by atoms with E-state index in [2.05, 4.69) is 5.10 Å². The van der Waals surface area contributed by atoms with E-state index in [1.807, 2.05) is 18.9 Å². The van der Waals surface area contributed by atoms with Crippen molar-refractivity contribution in [3.63, 3.8) is 0 Å². The molecule has 1 saturated heterocycles. The lowest BCUT2D eigenvalue weighted by Gasteiger charge is -2.31. The molecule has 0 aromatic carbocycles. The number of piperidine rings is 1. The number of nitrogens with zero attached hydrogens (tertiary/aromatic N) is 3. The van der Waals surface area contributed by atoms with Gasteiger partial charge in [-0.05, 0) is 19.8 Å². The van der Waals surface area contributed by atoms with Crippen LogP contribution in [0.5, 0.6) is 0 Å². The molecule has 0 radical (unpaired) electrons. The van der Waals surface area contributed by atoms with Gasteiger partial charge in [0.15, 0.2) is 0 Å². The van der Waals surface area contributed by atoms with Gasteiger partial charge in [0.05, 0.1) is 31.1 Å². The summed E-state index contributed by atoms with van der Waals surface area (Å²) in [7, 11) is 1.83. The highest BCUT2D eigenvalue weighted by Crippen LogP contribution is 2.17. The molecule has 1 fully saturated rings. The van der Waals surface area contributed by atoms with Crippen LogP contribution >= 0.6 is 0 Å². The number of aromatic nitrogens is 2. The van der Waals surface area contributed by atoms with Crippen molar-refractivity contribution in [2.45, 2.75) is 25.9 Å². The van der Waals surface area contributed by atoms with Gasteiger partial charge < -0.3 is 14.7 Å². The van der Waals surface area contributed by atoms with Crippen LogP contribution in [0.15, 0.2) is 6.20 Å². The van der Waals surface area contributed by atoms with E-state index in [0.29, 0.717) is 25.3 Å². The maximum absolute atomic E-state index is 12.3. The molecule has 6 nitrogen and oxygen atoms in total. The van der Waals surface area contributed by atoms with Crippen molar-refractivity contribution in [1.29, 1.82) is 0 Å². The third kappa shape index (κ3) is 3.13. The van der Waals surface area contributed by atoms with Crippen LogP contribution in [0, 0.1) is 6.92 Å². The second-order valence-corrected chi connectivity index (χ2v) is 4.85. The van der Waals surface area contributed by atoms with Crippen molar-refractivity contribution in [2.24, 2.45) is 7.05 Å². The van der Waals surface area contributed by atoms with Crippen molar-refractivity contribution < 1.29 is 14.6 Å². The van der Waals surface area contributed by atoms with E-state index in [-0.39, 0.29) is 18.6 Å². The minimum Gasteiger partial charge on any atom is -0.394 e. The first-order valence-corrected chi connectivity index (χ1v) is 6.63. The van der Waals surface area contributed by atoms with Gasteiger partial charge >= 0.3 is 0 Å². The Balaban J connectivity index is 1.91. The van der Waals surface area contributed by atoms with E-state index >= 15 is 0 Å². The normalized spacial score (nSPS) is 16.9. The van der Waals surface area contributed by atoms with E-state index in [1.54, 1.807) is 10.9 Å². The summed E-state index contributed by atoms with van der Waals surface area (Å²) in [6, 6.07) is 0. The lowest BCUT2D eigenvalue weighted by molar-refractivity contribution is -0.00555. The molecule has 0 saturated carbocycles. The number of rotatable bonds is 4. The fourth-order valence-corrected chi connectivity index (χ4v) is 2.32. The summed E-state index contributed by atoms with van der Waals surface area (Å²) in [6.45, 7) is 3.72. The van der Waals surface area contributed by atoms with Crippen LogP contribution in [-0.4, -0.2) is 58.1 Å². The first-order chi connectivity index (χ1) is 9.13. The predicted molar refractivity (Wildman–Crippen MR) is 69.9 cm³/mol. The molecule has 1 aromatic heterocycles. The van der Waals surface area contributed by atoms with Crippen molar-refractivity contribution in [2.75, 3.05) is 26.3 Å². The third-order valence-corrected chi connectivity index (χ3v) is 3.64. The summed E-state index contributed by atoms with van der Waals surface area (Å²) in [5.41, 5.74) is 1.57. The molecule has 106 valence electrons. The number of ether oxygens (including phenoxy) is 1. The molecule has 1 aliphatic rings. The highest BCUT2D eigenvalue weighted by molar-refractivity contribution is 5.95. The quantitative estimate of drug-likeness (QED) is 0.854. The van der Waals surface area contributed by atoms with Crippen LogP contribution in [0.1, 0.15) is 28.9 Å². The van der Waals surface area contributed by atoms with Gasteiger partial charge in [0.2, 0.25) is 0 Å². The number of aliphatic hydroxyl groups excluding tert-OH is 1. The summed E-state index contributed by atoms with van der Waals surface area (Å²) in [4.78, 5) is 14.2. The van der Waals surface area contributed by atoms with Crippen LogP contribution in [0.3, 0.4) is 0 Å². The van der Waals surface area contributed by atoms with Gasteiger partial charge in [-0.3, -0.25) is 9.48 Å². The largest absolute Gasteiger partial charge is 0.394 e. The highest BCUT2D eigenvalue weighted by Gasteiger charge is 2.25. The lowest BCUT2D eigenvalue weighted by atomic mass is 10.1. The number of aryl methyl sites for hydroxylation is 1. The zero-order valence-electron chi connectivity index (χ0n) is 11.5. The summed E-state index contributed by atoms with van der Waals surface area (Å²) >= 11 is 0. The van der Waals surface area contributed by atoms with Crippen molar-refractivity contribution in [3.05, 3.63) is 17.5 Å². The first kappa shape index (κ1) is 14.0. The Morgan fingerprint density at radius 3 is 2.74 bits per heavy atom. The fraction of sp³-hybridized carbons (Fsp3) is 0.692. The highest BCUT2D eigenvalue weighted by atomic mass is 16.5. The van der Waals surface area contributed by atoms with Crippen LogP contribution < -0.4 is 0 Å². The number of carbonyl (C=O) groups excluding carboxylic acids is 1. The monoisotopic (exact) mass is 267 g/mol. The average Bonchev–Trinajstić information content (AvgIpc) is 2.76. The number of hydrogen-bond acceptors (Lipinski definition) is 4. The molecule has 2 heterocycles. The minimum absolute atomic E-state index is 0.0474. The van der Waals surface area contributed by atoms with Gasteiger partial charge in [0.25, 0.3) is 5.91 Å². The second-order valence-electron chi connectivity index (χ2n) is 4.85. The van der Waals surface area contributed by atoms with Crippen LogP contribution in [0.25, 0.3) is 0 Å². The Morgan fingerprint density at radius 2 is 2.21 bits per heavy atom. The second kappa shape index (κ2) is 6.16. The number of hydrogen-bond donors (Lipinski definition) is 1. The van der Waals surface area contributed by atoms with E-state index in [0.717, 1.165) is 18.5 Å². The molecule has 0 aliphatic carbocycles. The number of aliphatic hydroxyl groups is 1. The third-order valence-electron chi connectivity index (χ3n) is 3.64. The van der Waals surface area contributed by atoms with Gasteiger partial charge in [0, 0.05) is 25.8 Å². The Kier molecular flexibility index (Phi) is 4.55. The van der Waals surface area contributed by atoms with Gasteiger partial charge in [-0.25, -0.2) is 0 Å². The topological polar surface area (TPSA) is 67.6 Å². The van der Waals surface area contributed by atoms with Crippen LogP contribution in [0.2, 0.25) is 0 Å². The van der Waals surface area contributed by atoms with E-state index < -0.39 is 0 Å². The maximum atomic E-state index is 12.3. The van der Waals surface area contributed by atoms with Crippen LogP contribution in [0.4, 0.5) is 0 Å².